The van der Waals surface area contributed by atoms with Gasteiger partial charge >= 0.3 is 0 Å². The molecule has 88 valence electrons. The van der Waals surface area contributed by atoms with E-state index in [1.54, 1.807) is 0 Å². The molecule has 0 saturated carbocycles. The summed E-state index contributed by atoms with van der Waals surface area (Å²) in [6.45, 7) is 4.38. The Morgan fingerprint density at radius 2 is 1.75 bits per heavy atom. The third kappa shape index (κ3) is 3.06. The summed E-state index contributed by atoms with van der Waals surface area (Å²) in [6.07, 6.45) is 4.10. The summed E-state index contributed by atoms with van der Waals surface area (Å²) in [5.41, 5.74) is 7.28. The lowest BCUT2D eigenvalue weighted by molar-refractivity contribution is 0.216. The molecule has 0 aromatic heterocycles. The molecule has 0 amide bonds. The maximum Gasteiger partial charge on any atom is 0.00888 e. The summed E-state index contributed by atoms with van der Waals surface area (Å²) in [6, 6.07) is 10.7. The molecule has 1 unspecified atom stereocenters. The molecule has 1 aliphatic rings. The molecule has 0 spiro atoms. The Balaban J connectivity index is 1.94. The maximum absolute atomic E-state index is 5.90. The first-order valence-corrected chi connectivity index (χ1v) is 6.37. The van der Waals surface area contributed by atoms with Gasteiger partial charge in [0, 0.05) is 19.0 Å². The zero-order valence-corrected chi connectivity index (χ0v) is 9.94. The first-order chi connectivity index (χ1) is 7.90. The standard InChI is InChI=1S/C14H22N2/c15-11-14(13-7-3-1-4-8-13)12-16-9-5-2-6-10-16/h1,3-4,7-8,14H,2,5-6,9-12,15H2. The van der Waals surface area contributed by atoms with Crippen LogP contribution in [0, 0.1) is 0 Å². The largest absolute Gasteiger partial charge is 0.330 e. The van der Waals surface area contributed by atoms with E-state index in [2.05, 4.69) is 35.2 Å². The highest BCUT2D eigenvalue weighted by atomic mass is 15.1. The van der Waals surface area contributed by atoms with Crippen LogP contribution in [0.3, 0.4) is 0 Å². The number of nitrogens with two attached hydrogens (primary N) is 1. The minimum absolute atomic E-state index is 0.499. The van der Waals surface area contributed by atoms with E-state index in [1.807, 2.05) is 0 Å². The van der Waals surface area contributed by atoms with Crippen LogP contribution in [-0.2, 0) is 0 Å². The van der Waals surface area contributed by atoms with Crippen molar-refractivity contribution in [1.29, 1.82) is 0 Å². The third-order valence-electron chi connectivity index (χ3n) is 3.48. The summed E-state index contributed by atoms with van der Waals surface area (Å²) in [5, 5.41) is 0. The van der Waals surface area contributed by atoms with Crippen LogP contribution in [0.4, 0.5) is 0 Å². The van der Waals surface area contributed by atoms with Gasteiger partial charge in [0.05, 0.1) is 0 Å². The van der Waals surface area contributed by atoms with Crippen molar-refractivity contribution < 1.29 is 0 Å². The van der Waals surface area contributed by atoms with Crippen LogP contribution in [0.2, 0.25) is 0 Å². The Hall–Kier alpha value is -0.860. The summed E-state index contributed by atoms with van der Waals surface area (Å²) in [7, 11) is 0. The number of nitrogens with zero attached hydrogens (tertiary/aromatic N) is 1. The van der Waals surface area contributed by atoms with Crippen molar-refractivity contribution in [2.45, 2.75) is 25.2 Å². The van der Waals surface area contributed by atoms with Gasteiger partial charge in [-0.1, -0.05) is 36.8 Å². The van der Waals surface area contributed by atoms with Crippen LogP contribution in [-0.4, -0.2) is 31.1 Å². The Bertz CT molecular complexity index is 291. The zero-order valence-electron chi connectivity index (χ0n) is 9.94. The number of hydrogen-bond acceptors (Lipinski definition) is 2. The first-order valence-electron chi connectivity index (χ1n) is 6.37. The average Bonchev–Trinajstić information content (AvgIpc) is 2.38. The minimum Gasteiger partial charge on any atom is -0.330 e. The monoisotopic (exact) mass is 218 g/mol. The molecule has 2 N–H and O–H groups in total. The van der Waals surface area contributed by atoms with E-state index in [0.29, 0.717) is 5.92 Å². The molecule has 0 aliphatic carbocycles. The maximum atomic E-state index is 5.90. The molecule has 1 saturated heterocycles. The number of piperidine rings is 1. The summed E-state index contributed by atoms with van der Waals surface area (Å²) >= 11 is 0. The number of hydrogen-bond donors (Lipinski definition) is 1. The fourth-order valence-electron chi connectivity index (χ4n) is 2.49. The quantitative estimate of drug-likeness (QED) is 0.839. The van der Waals surface area contributed by atoms with Gasteiger partial charge in [0.25, 0.3) is 0 Å². The lowest BCUT2D eigenvalue weighted by Gasteiger charge is -2.30. The highest BCUT2D eigenvalue weighted by Gasteiger charge is 2.16. The van der Waals surface area contributed by atoms with Crippen LogP contribution >= 0.6 is 0 Å². The van der Waals surface area contributed by atoms with Crippen molar-refractivity contribution in [1.82, 2.24) is 4.90 Å². The molecule has 0 radical (unpaired) electrons. The first kappa shape index (κ1) is 11.6. The molecule has 1 fully saturated rings. The molecular weight excluding hydrogens is 196 g/mol. The smallest absolute Gasteiger partial charge is 0.00888 e. The summed E-state index contributed by atoms with van der Waals surface area (Å²) < 4.78 is 0. The molecule has 1 atom stereocenters. The predicted molar refractivity (Wildman–Crippen MR) is 68.5 cm³/mol. The van der Waals surface area contributed by atoms with Crippen molar-refractivity contribution in [2.75, 3.05) is 26.2 Å². The second-order valence-corrected chi connectivity index (χ2v) is 4.70. The fraction of sp³-hybridized carbons (Fsp3) is 0.571. The normalized spacial score (nSPS) is 19.6. The second-order valence-electron chi connectivity index (χ2n) is 4.70. The molecule has 1 aromatic rings. The van der Waals surface area contributed by atoms with Crippen molar-refractivity contribution in [3.63, 3.8) is 0 Å². The Labute approximate surface area is 98.4 Å². The highest BCUT2D eigenvalue weighted by molar-refractivity contribution is 5.20. The van der Waals surface area contributed by atoms with E-state index in [4.69, 9.17) is 5.73 Å². The second kappa shape index (κ2) is 6.02. The molecule has 1 heterocycles. The van der Waals surface area contributed by atoms with Gasteiger partial charge in [0.15, 0.2) is 0 Å². The van der Waals surface area contributed by atoms with Gasteiger partial charge in [-0.3, -0.25) is 0 Å². The Morgan fingerprint density at radius 3 is 2.38 bits per heavy atom. The van der Waals surface area contributed by atoms with Crippen molar-refractivity contribution in [3.05, 3.63) is 35.9 Å². The van der Waals surface area contributed by atoms with E-state index in [1.165, 1.54) is 37.9 Å². The van der Waals surface area contributed by atoms with Crippen molar-refractivity contribution in [2.24, 2.45) is 5.73 Å². The van der Waals surface area contributed by atoms with E-state index >= 15 is 0 Å². The molecule has 2 rings (SSSR count). The third-order valence-corrected chi connectivity index (χ3v) is 3.48. The van der Waals surface area contributed by atoms with Gasteiger partial charge in [0.1, 0.15) is 0 Å². The minimum atomic E-state index is 0.499. The van der Waals surface area contributed by atoms with Gasteiger partial charge in [-0.15, -0.1) is 0 Å². The van der Waals surface area contributed by atoms with Gasteiger partial charge in [-0.2, -0.15) is 0 Å². The van der Waals surface area contributed by atoms with Crippen LogP contribution in [0.1, 0.15) is 30.7 Å². The van der Waals surface area contributed by atoms with Crippen LogP contribution in [0.5, 0.6) is 0 Å². The fourth-order valence-corrected chi connectivity index (χ4v) is 2.49. The summed E-state index contributed by atoms with van der Waals surface area (Å²) in [4.78, 5) is 2.56. The Morgan fingerprint density at radius 1 is 1.06 bits per heavy atom. The number of rotatable bonds is 4. The Kier molecular flexibility index (Phi) is 4.37. The molecule has 1 aliphatic heterocycles. The lowest BCUT2D eigenvalue weighted by Crippen LogP contribution is -2.35. The molecule has 16 heavy (non-hydrogen) atoms. The van der Waals surface area contributed by atoms with Crippen molar-refractivity contribution >= 4 is 0 Å². The van der Waals surface area contributed by atoms with Gasteiger partial charge in [0.2, 0.25) is 0 Å². The van der Waals surface area contributed by atoms with Crippen LogP contribution in [0.25, 0.3) is 0 Å². The van der Waals surface area contributed by atoms with E-state index < -0.39 is 0 Å². The molecule has 1 aromatic carbocycles. The van der Waals surface area contributed by atoms with E-state index in [-0.39, 0.29) is 0 Å². The number of benzene rings is 1. The van der Waals surface area contributed by atoms with Crippen LogP contribution < -0.4 is 5.73 Å². The van der Waals surface area contributed by atoms with Gasteiger partial charge in [-0.25, -0.2) is 0 Å². The number of likely N-dealkylation sites (tertiary alicyclic amines) is 1. The SMILES string of the molecule is NCC(CN1CCCCC1)c1ccccc1. The molecule has 0 bridgehead atoms. The van der Waals surface area contributed by atoms with Gasteiger partial charge < -0.3 is 10.6 Å². The van der Waals surface area contributed by atoms with E-state index in [9.17, 15) is 0 Å². The molecule has 2 nitrogen and oxygen atoms in total. The van der Waals surface area contributed by atoms with Crippen molar-refractivity contribution in [3.8, 4) is 0 Å². The van der Waals surface area contributed by atoms with E-state index in [0.717, 1.165) is 13.1 Å². The zero-order chi connectivity index (χ0) is 11.2. The van der Waals surface area contributed by atoms with Crippen LogP contribution in [0.15, 0.2) is 30.3 Å². The summed E-state index contributed by atoms with van der Waals surface area (Å²) in [5.74, 6) is 0.499. The molecular formula is C14H22N2. The molecule has 2 heteroatoms. The topological polar surface area (TPSA) is 29.3 Å². The highest BCUT2D eigenvalue weighted by Crippen LogP contribution is 2.18. The average molecular weight is 218 g/mol. The lowest BCUT2D eigenvalue weighted by atomic mass is 9.97. The van der Waals surface area contributed by atoms with Gasteiger partial charge in [-0.05, 0) is 31.5 Å². The predicted octanol–water partition coefficient (Wildman–Crippen LogP) is 2.21.